The molecule has 3 rings (SSSR count). The van der Waals surface area contributed by atoms with E-state index in [0.29, 0.717) is 5.56 Å². The Morgan fingerprint density at radius 1 is 0.816 bits per heavy atom. The number of carbonyl (C=O) groups is 3. The SMILES string of the molecule is NC(=O)OCC(O)C(=O)N(Cc1ccccc1)c1ccccc1N(F)C(=O)c1c(F)c(F)c(F)c(F)c1F. The summed E-state index contributed by atoms with van der Waals surface area (Å²) in [5, 5.41) is 9.33. The Hall–Kier alpha value is -4.59. The van der Waals surface area contributed by atoms with E-state index in [0.717, 1.165) is 23.1 Å². The normalized spacial score (nSPS) is 11.6. The summed E-state index contributed by atoms with van der Waals surface area (Å²) in [6.45, 7) is -1.26. The molecule has 0 aliphatic heterocycles. The molecule has 3 aromatic carbocycles. The van der Waals surface area contributed by atoms with E-state index in [4.69, 9.17) is 5.73 Å². The molecule has 0 aromatic heterocycles. The van der Waals surface area contributed by atoms with Gasteiger partial charge in [0.2, 0.25) is 5.82 Å². The van der Waals surface area contributed by atoms with Gasteiger partial charge >= 0.3 is 6.09 Å². The number of nitrogens with two attached hydrogens (primary N) is 1. The number of nitrogens with zero attached hydrogens (tertiary/aromatic N) is 2. The predicted molar refractivity (Wildman–Crippen MR) is 120 cm³/mol. The number of para-hydroxylation sites is 2. The van der Waals surface area contributed by atoms with Crippen molar-refractivity contribution in [2.75, 3.05) is 16.6 Å². The molecule has 0 radical (unpaired) electrons. The van der Waals surface area contributed by atoms with Crippen molar-refractivity contribution in [1.29, 1.82) is 0 Å². The highest BCUT2D eigenvalue weighted by Gasteiger charge is 2.35. The fourth-order valence-electron chi connectivity index (χ4n) is 3.32. The minimum Gasteiger partial charge on any atom is -0.446 e. The van der Waals surface area contributed by atoms with Gasteiger partial charge in [-0.1, -0.05) is 46.9 Å². The molecule has 1 atom stereocenters. The van der Waals surface area contributed by atoms with Crippen molar-refractivity contribution in [1.82, 2.24) is 0 Å². The number of benzene rings is 3. The lowest BCUT2D eigenvalue weighted by atomic mass is 10.1. The average molecular weight is 541 g/mol. The van der Waals surface area contributed by atoms with E-state index in [-0.39, 0.29) is 6.54 Å². The average Bonchev–Trinajstić information content (AvgIpc) is 2.92. The van der Waals surface area contributed by atoms with E-state index in [9.17, 15) is 41.4 Å². The smallest absolute Gasteiger partial charge is 0.404 e. The summed E-state index contributed by atoms with van der Waals surface area (Å²) >= 11 is 0. The number of rotatable bonds is 8. The number of carbonyl (C=O) groups excluding carboxylic acids is 3. The summed E-state index contributed by atoms with van der Waals surface area (Å²) in [7, 11) is 0. The van der Waals surface area contributed by atoms with Gasteiger partial charge in [-0.2, -0.15) is 0 Å². The molecule has 0 aliphatic carbocycles. The summed E-state index contributed by atoms with van der Waals surface area (Å²) in [4.78, 5) is 37.3. The van der Waals surface area contributed by atoms with Gasteiger partial charge in [-0.25, -0.2) is 26.7 Å². The van der Waals surface area contributed by atoms with Crippen molar-refractivity contribution in [2.24, 2.45) is 5.73 Å². The molecule has 8 nitrogen and oxygen atoms in total. The first-order valence-electron chi connectivity index (χ1n) is 10.5. The molecular weight excluding hydrogens is 524 g/mol. The molecule has 0 heterocycles. The first-order chi connectivity index (χ1) is 18.0. The zero-order chi connectivity index (χ0) is 28.1. The van der Waals surface area contributed by atoms with Crippen LogP contribution in [0.15, 0.2) is 54.6 Å². The Kier molecular flexibility index (Phi) is 8.57. The van der Waals surface area contributed by atoms with Crippen molar-refractivity contribution in [3.8, 4) is 0 Å². The largest absolute Gasteiger partial charge is 0.446 e. The van der Waals surface area contributed by atoms with E-state index < -0.39 is 81.8 Å². The summed E-state index contributed by atoms with van der Waals surface area (Å²) in [6, 6.07) is 12.3. The summed E-state index contributed by atoms with van der Waals surface area (Å²) in [5.74, 6) is -16.1. The van der Waals surface area contributed by atoms with Gasteiger partial charge in [0.1, 0.15) is 17.9 Å². The Bertz CT molecular complexity index is 1350. The lowest BCUT2D eigenvalue weighted by Crippen LogP contribution is -2.42. The highest BCUT2D eigenvalue weighted by Crippen LogP contribution is 2.34. The molecule has 3 aromatic rings. The topological polar surface area (TPSA) is 113 Å². The van der Waals surface area contributed by atoms with Crippen LogP contribution in [0, 0.1) is 29.1 Å². The minimum atomic E-state index is -2.55. The van der Waals surface area contributed by atoms with E-state index in [1.807, 2.05) is 0 Å². The molecule has 0 bridgehead atoms. The standard InChI is InChI=1S/C24H17F6N3O5/c25-17-16(18(26)20(28)21(29)19(17)27)23(36)33(30)14-9-5-4-8-13(14)32(10-12-6-2-1-3-7-12)22(35)15(34)11-38-24(31)37/h1-9,15,34H,10-11H2,(H2,31,37). The summed E-state index contributed by atoms with van der Waals surface area (Å²) in [5.41, 5.74) is 1.87. The number of halogens is 6. The quantitative estimate of drug-likeness (QED) is 0.194. The molecule has 0 saturated carbocycles. The molecule has 3 N–H and O–H groups in total. The van der Waals surface area contributed by atoms with Crippen LogP contribution in [-0.4, -0.2) is 35.7 Å². The molecule has 0 saturated heterocycles. The van der Waals surface area contributed by atoms with Crippen LogP contribution in [0.25, 0.3) is 0 Å². The van der Waals surface area contributed by atoms with E-state index in [1.165, 1.54) is 6.07 Å². The molecule has 0 aliphatic rings. The minimum absolute atomic E-state index is 0.366. The van der Waals surface area contributed by atoms with Crippen molar-refractivity contribution in [3.05, 3.63) is 94.8 Å². The van der Waals surface area contributed by atoms with Crippen LogP contribution in [0.1, 0.15) is 15.9 Å². The third-order valence-electron chi connectivity index (χ3n) is 5.10. The van der Waals surface area contributed by atoms with E-state index in [2.05, 4.69) is 4.74 Å². The zero-order valence-electron chi connectivity index (χ0n) is 19.0. The second kappa shape index (κ2) is 11.6. The molecule has 0 fully saturated rings. The third-order valence-corrected chi connectivity index (χ3v) is 5.10. The Balaban J connectivity index is 2.08. The van der Waals surface area contributed by atoms with Gasteiger partial charge in [0, 0.05) is 0 Å². The van der Waals surface area contributed by atoms with Gasteiger partial charge in [0.25, 0.3) is 11.8 Å². The van der Waals surface area contributed by atoms with Crippen LogP contribution in [0.3, 0.4) is 0 Å². The number of aliphatic hydroxyl groups is 1. The Morgan fingerprint density at radius 3 is 1.87 bits per heavy atom. The maximum atomic E-state index is 15.3. The number of hydrogen-bond acceptors (Lipinski definition) is 5. The fraction of sp³-hybridized carbons (Fsp3) is 0.125. The van der Waals surface area contributed by atoms with Gasteiger partial charge < -0.3 is 20.5 Å². The third kappa shape index (κ3) is 5.70. The lowest BCUT2D eigenvalue weighted by molar-refractivity contribution is -0.128. The van der Waals surface area contributed by atoms with Gasteiger partial charge in [-0.3, -0.25) is 9.59 Å². The van der Waals surface area contributed by atoms with Gasteiger partial charge in [0.05, 0.1) is 12.2 Å². The number of amides is 3. The van der Waals surface area contributed by atoms with Crippen molar-refractivity contribution >= 4 is 29.3 Å². The first kappa shape index (κ1) is 28.0. The van der Waals surface area contributed by atoms with Crippen LogP contribution in [0.5, 0.6) is 0 Å². The number of aliphatic hydroxyl groups excluding tert-OH is 1. The van der Waals surface area contributed by atoms with Gasteiger partial charge in [-0.05, 0) is 17.7 Å². The van der Waals surface area contributed by atoms with Crippen LogP contribution < -0.4 is 15.8 Å². The Labute approximate surface area is 210 Å². The van der Waals surface area contributed by atoms with E-state index in [1.54, 1.807) is 30.3 Å². The van der Waals surface area contributed by atoms with Crippen molar-refractivity contribution in [3.63, 3.8) is 0 Å². The van der Waals surface area contributed by atoms with Crippen LogP contribution >= 0.6 is 0 Å². The monoisotopic (exact) mass is 541 g/mol. The first-order valence-corrected chi connectivity index (χ1v) is 10.5. The molecule has 3 amide bonds. The van der Waals surface area contributed by atoms with Crippen molar-refractivity contribution < 1.29 is 50.7 Å². The van der Waals surface area contributed by atoms with Crippen LogP contribution in [-0.2, 0) is 16.1 Å². The maximum Gasteiger partial charge on any atom is 0.404 e. The second-order valence-corrected chi connectivity index (χ2v) is 7.58. The zero-order valence-corrected chi connectivity index (χ0v) is 19.0. The molecule has 1 unspecified atom stereocenters. The van der Waals surface area contributed by atoms with Crippen LogP contribution in [0.4, 0.5) is 42.6 Å². The lowest BCUT2D eigenvalue weighted by Gasteiger charge is -2.28. The van der Waals surface area contributed by atoms with Crippen LogP contribution in [0.2, 0.25) is 0 Å². The van der Waals surface area contributed by atoms with Gasteiger partial charge in [-0.15, -0.1) is 5.12 Å². The summed E-state index contributed by atoms with van der Waals surface area (Å²) < 4.78 is 88.7. The molecule has 200 valence electrons. The second-order valence-electron chi connectivity index (χ2n) is 7.58. The van der Waals surface area contributed by atoms with Gasteiger partial charge in [0.15, 0.2) is 29.4 Å². The molecular formula is C24H17F6N3O5. The molecule has 0 spiro atoms. The maximum absolute atomic E-state index is 15.3. The fourth-order valence-corrected chi connectivity index (χ4v) is 3.32. The molecule has 38 heavy (non-hydrogen) atoms. The predicted octanol–water partition coefficient (Wildman–Crippen LogP) is 3.90. The number of ether oxygens (including phenoxy) is 1. The Morgan fingerprint density at radius 2 is 1.32 bits per heavy atom. The van der Waals surface area contributed by atoms with E-state index >= 15 is 4.48 Å². The number of anilines is 2. The number of primary amides is 1. The summed E-state index contributed by atoms with van der Waals surface area (Å²) in [6.07, 6.45) is -3.34. The molecule has 14 heteroatoms. The highest BCUT2D eigenvalue weighted by atomic mass is 19.2. The number of hydrogen-bond donors (Lipinski definition) is 2. The van der Waals surface area contributed by atoms with Crippen molar-refractivity contribution in [2.45, 2.75) is 12.6 Å². The highest BCUT2D eigenvalue weighted by molar-refractivity contribution is 6.08.